The molecule has 0 amide bonds. The summed E-state index contributed by atoms with van der Waals surface area (Å²) in [6, 6.07) is 40.1. The molecule has 0 aromatic heterocycles. The van der Waals surface area contributed by atoms with Gasteiger partial charge in [-0.15, -0.1) is 0 Å². The highest BCUT2D eigenvalue weighted by Gasteiger charge is 2.25. The van der Waals surface area contributed by atoms with Crippen molar-refractivity contribution in [2.24, 2.45) is 0 Å². The van der Waals surface area contributed by atoms with Gasteiger partial charge >= 0.3 is 0 Å². The van der Waals surface area contributed by atoms with Gasteiger partial charge in [0, 0.05) is 0 Å². The minimum atomic E-state index is 1.15. The fraction of sp³-hybridized carbons (Fsp3) is 0.280. The lowest BCUT2D eigenvalue weighted by molar-refractivity contribution is 0.544. The van der Waals surface area contributed by atoms with E-state index < -0.39 is 0 Å². The van der Waals surface area contributed by atoms with E-state index in [1.807, 2.05) is 0 Å². The molecule has 0 atom stereocenters. The molecule has 0 radical (unpaired) electrons. The largest absolute Gasteiger partial charge is 0.0654 e. The third kappa shape index (κ3) is 4.50. The van der Waals surface area contributed by atoms with Crippen molar-refractivity contribution < 1.29 is 0 Å². The van der Waals surface area contributed by atoms with Crippen LogP contribution in [0.2, 0.25) is 0 Å². The van der Waals surface area contributed by atoms with E-state index in [0.717, 1.165) is 6.42 Å². The maximum Gasteiger partial charge on any atom is -0.0000926 e. The van der Waals surface area contributed by atoms with Crippen molar-refractivity contribution in [1.29, 1.82) is 0 Å². The van der Waals surface area contributed by atoms with Crippen LogP contribution in [0.4, 0.5) is 0 Å². The zero-order valence-corrected chi connectivity index (χ0v) is 29.5. The van der Waals surface area contributed by atoms with Gasteiger partial charge in [0.15, 0.2) is 0 Å². The fourth-order valence-corrected chi connectivity index (χ4v) is 10.0. The summed E-state index contributed by atoms with van der Waals surface area (Å²) in [4.78, 5) is 0. The van der Waals surface area contributed by atoms with Crippen LogP contribution >= 0.6 is 0 Å². The molecule has 0 unspecified atom stereocenters. The van der Waals surface area contributed by atoms with Gasteiger partial charge < -0.3 is 0 Å². The molecule has 0 aliphatic carbocycles. The van der Waals surface area contributed by atoms with Gasteiger partial charge in [-0.3, -0.25) is 0 Å². The molecule has 0 heterocycles. The summed E-state index contributed by atoms with van der Waals surface area (Å²) in [5.41, 5.74) is 1.50. The summed E-state index contributed by atoms with van der Waals surface area (Å²) in [5.74, 6) is 0. The second-order valence-electron chi connectivity index (χ2n) is 15.3. The van der Waals surface area contributed by atoms with Gasteiger partial charge in [0.25, 0.3) is 0 Å². The number of hydrogen-bond donors (Lipinski definition) is 0. The molecular weight excluding hydrogens is 601 g/mol. The Kier molecular flexibility index (Phi) is 7.41. The summed E-state index contributed by atoms with van der Waals surface area (Å²) in [6.45, 7) is 2.31. The topological polar surface area (TPSA) is 0 Å². The Balaban J connectivity index is 1.13. The Morgan fingerprint density at radius 2 is 0.620 bits per heavy atom. The number of benzene rings is 10. The summed E-state index contributed by atoms with van der Waals surface area (Å²) >= 11 is 0. The van der Waals surface area contributed by atoms with Gasteiger partial charge in [0.1, 0.15) is 0 Å². The molecule has 10 aromatic carbocycles. The van der Waals surface area contributed by atoms with Crippen LogP contribution in [-0.2, 0) is 6.42 Å². The van der Waals surface area contributed by atoms with E-state index in [4.69, 9.17) is 0 Å². The monoisotopic (exact) mass is 646 g/mol. The van der Waals surface area contributed by atoms with E-state index in [9.17, 15) is 0 Å². The summed E-state index contributed by atoms with van der Waals surface area (Å²) in [6.07, 6.45) is 17.8. The minimum Gasteiger partial charge on any atom is -0.0654 e. The van der Waals surface area contributed by atoms with Gasteiger partial charge in [-0.2, -0.15) is 0 Å². The maximum absolute atomic E-state index is 2.58. The predicted molar refractivity (Wildman–Crippen MR) is 222 cm³/mol. The lowest BCUT2D eigenvalue weighted by Gasteiger charge is -2.25. The standard InChI is InChI=1S/C50H46/c1-2-3-4-5-6-7-8-9-10-11-12-13-20-32-29-41-39-27-18-25-37-33-21-14-16-23-35(33)43-31-44-36-24-17-15-22-34(36)38-26-19-28-40-42(30-32)47(41)50(48(43)45(37)39)49(44)46(38)40/h14-19,21-31H,2-13,20H2,1H3. The molecule has 0 heteroatoms. The van der Waals surface area contributed by atoms with Crippen LogP contribution in [0.1, 0.15) is 89.5 Å². The lowest BCUT2D eigenvalue weighted by atomic mass is 9.78. The average molecular weight is 647 g/mol. The normalized spacial score (nSPS) is 12.7. The number of hydrogen-bond acceptors (Lipinski definition) is 0. The molecule has 50 heavy (non-hydrogen) atoms. The van der Waals surface area contributed by atoms with Crippen LogP contribution in [0.5, 0.6) is 0 Å². The minimum absolute atomic E-state index is 1.15. The fourth-order valence-electron chi connectivity index (χ4n) is 10.0. The van der Waals surface area contributed by atoms with Crippen molar-refractivity contribution in [2.45, 2.75) is 90.4 Å². The Morgan fingerprint density at radius 1 is 0.280 bits per heavy atom. The van der Waals surface area contributed by atoms with Crippen LogP contribution in [0.15, 0.2) is 103 Å². The van der Waals surface area contributed by atoms with Crippen LogP contribution in [0.25, 0.3) is 97.0 Å². The maximum atomic E-state index is 2.58. The van der Waals surface area contributed by atoms with Crippen LogP contribution in [0, 0.1) is 0 Å². The molecule has 0 spiro atoms. The quantitative estimate of drug-likeness (QED) is 0.0664. The van der Waals surface area contributed by atoms with Crippen LogP contribution in [-0.4, -0.2) is 0 Å². The van der Waals surface area contributed by atoms with Crippen molar-refractivity contribution in [1.82, 2.24) is 0 Å². The lowest BCUT2D eigenvalue weighted by Crippen LogP contribution is -1.97. The van der Waals surface area contributed by atoms with E-state index in [-0.39, 0.29) is 0 Å². The Hall–Kier alpha value is -4.68. The third-order valence-corrected chi connectivity index (χ3v) is 12.3. The second kappa shape index (κ2) is 12.3. The van der Waals surface area contributed by atoms with Gasteiger partial charge in [0.05, 0.1) is 0 Å². The van der Waals surface area contributed by atoms with E-state index in [1.54, 1.807) is 0 Å². The average Bonchev–Trinajstić information content (AvgIpc) is 3.17. The van der Waals surface area contributed by atoms with Gasteiger partial charge in [-0.1, -0.05) is 175 Å². The molecule has 0 saturated heterocycles. The predicted octanol–water partition coefficient (Wildman–Crippen LogP) is 15.6. The Labute approximate surface area is 295 Å². The highest BCUT2D eigenvalue weighted by Crippen LogP contribution is 2.54. The molecule has 246 valence electrons. The van der Waals surface area contributed by atoms with Crippen LogP contribution < -0.4 is 0 Å². The first-order valence-corrected chi connectivity index (χ1v) is 19.7. The number of aryl methyl sites for hydroxylation is 1. The van der Waals surface area contributed by atoms with Crippen molar-refractivity contribution >= 4 is 97.0 Å². The molecule has 0 aliphatic rings. The van der Waals surface area contributed by atoms with E-state index in [1.165, 1.54) is 180 Å². The molecule has 0 N–H and O–H groups in total. The summed E-state index contributed by atoms with van der Waals surface area (Å²) < 4.78 is 0. The number of rotatable bonds is 13. The molecule has 0 bridgehead atoms. The number of fused-ring (bicyclic) bond motifs is 8. The second-order valence-corrected chi connectivity index (χ2v) is 15.3. The van der Waals surface area contributed by atoms with Gasteiger partial charge in [0.2, 0.25) is 0 Å². The van der Waals surface area contributed by atoms with Crippen molar-refractivity contribution in [3.63, 3.8) is 0 Å². The van der Waals surface area contributed by atoms with Crippen molar-refractivity contribution in [3.05, 3.63) is 109 Å². The SMILES string of the molecule is CCCCCCCCCCCCCCc1cc2c3cccc4c5ccccc5c5cc6c7ccccc7c7cccc8c(c1)c2c(c5c43)c6c78. The van der Waals surface area contributed by atoms with Gasteiger partial charge in [-0.25, -0.2) is 0 Å². The first-order chi connectivity index (χ1) is 24.8. The van der Waals surface area contributed by atoms with E-state index in [0.29, 0.717) is 0 Å². The molecule has 10 aromatic rings. The first kappa shape index (κ1) is 30.2. The van der Waals surface area contributed by atoms with E-state index >= 15 is 0 Å². The first-order valence-electron chi connectivity index (χ1n) is 19.7. The van der Waals surface area contributed by atoms with Crippen molar-refractivity contribution in [2.75, 3.05) is 0 Å². The molecule has 0 fully saturated rings. The number of unbranched alkanes of at least 4 members (excludes halogenated alkanes) is 11. The molecule has 0 saturated carbocycles. The molecule has 0 nitrogen and oxygen atoms in total. The Bertz CT molecular complexity index is 2620. The summed E-state index contributed by atoms with van der Waals surface area (Å²) in [5, 5.41) is 25.4. The summed E-state index contributed by atoms with van der Waals surface area (Å²) in [7, 11) is 0. The molecule has 0 aliphatic heterocycles. The van der Waals surface area contributed by atoms with Crippen molar-refractivity contribution in [3.8, 4) is 0 Å². The van der Waals surface area contributed by atoms with E-state index in [2.05, 4.69) is 110 Å². The third-order valence-electron chi connectivity index (χ3n) is 12.3. The Morgan fingerprint density at radius 3 is 1.08 bits per heavy atom. The highest BCUT2D eigenvalue weighted by atomic mass is 14.3. The molecular formula is C50H46. The smallest absolute Gasteiger partial charge is 0.0000926 e. The van der Waals surface area contributed by atoms with Crippen LogP contribution in [0.3, 0.4) is 0 Å². The van der Waals surface area contributed by atoms with Gasteiger partial charge in [-0.05, 0) is 121 Å². The zero-order valence-electron chi connectivity index (χ0n) is 29.5. The molecule has 10 rings (SSSR count). The highest BCUT2D eigenvalue weighted by molar-refractivity contribution is 6.52. The zero-order chi connectivity index (χ0) is 33.2.